The molecular weight excluding hydrogens is 266 g/mol. The molecule has 0 saturated heterocycles. The van der Waals surface area contributed by atoms with Crippen LogP contribution >= 0.6 is 0 Å². The van der Waals surface area contributed by atoms with E-state index in [1.54, 1.807) is 6.20 Å². The van der Waals surface area contributed by atoms with Crippen LogP contribution in [0.2, 0.25) is 0 Å². The van der Waals surface area contributed by atoms with Crippen LogP contribution in [0.15, 0.2) is 12.4 Å². The Morgan fingerprint density at radius 2 is 2.10 bits per heavy atom. The molecule has 0 atom stereocenters. The molecule has 6 nitrogen and oxygen atoms in total. The fourth-order valence-corrected chi connectivity index (χ4v) is 1.99. The Kier molecular flexibility index (Phi) is 6.84. The summed E-state index contributed by atoms with van der Waals surface area (Å²) in [6.45, 7) is 12.0. The molecule has 1 aromatic heterocycles. The molecular formula is C15H29N5O. The zero-order valence-electron chi connectivity index (χ0n) is 13.7. The third kappa shape index (κ3) is 7.24. The van der Waals surface area contributed by atoms with Crippen molar-refractivity contribution in [2.75, 3.05) is 25.0 Å². The minimum atomic E-state index is -0.314. The Bertz CT molecular complexity index is 432. The van der Waals surface area contributed by atoms with Gasteiger partial charge in [-0.25, -0.2) is 0 Å². The molecule has 0 bridgehead atoms. The lowest BCUT2D eigenvalue weighted by atomic mass is 10.00. The first kappa shape index (κ1) is 17.7. The minimum absolute atomic E-state index is 0.0168. The maximum atomic E-state index is 11.8. The maximum Gasteiger partial charge on any atom is 0.224 e. The van der Waals surface area contributed by atoms with Crippen LogP contribution in [0.5, 0.6) is 0 Å². The summed E-state index contributed by atoms with van der Waals surface area (Å²) in [4.78, 5) is 14.2. The first-order valence-electron chi connectivity index (χ1n) is 7.67. The van der Waals surface area contributed by atoms with E-state index in [-0.39, 0.29) is 11.4 Å². The standard InChI is InChI=1S/C15H29N5O/c1-5-19(6-2)9-10-20-12-13(11-17-20)18-14(21)7-8-15(3,4)16/h11-12H,5-10,16H2,1-4H3,(H,18,21). The Morgan fingerprint density at radius 1 is 1.43 bits per heavy atom. The number of rotatable bonds is 9. The number of likely N-dealkylation sites (N-methyl/N-ethyl adjacent to an activating group) is 1. The third-order valence-electron chi connectivity index (χ3n) is 3.45. The summed E-state index contributed by atoms with van der Waals surface area (Å²) >= 11 is 0. The zero-order chi connectivity index (χ0) is 15.9. The molecule has 3 N–H and O–H groups in total. The van der Waals surface area contributed by atoms with Gasteiger partial charge in [-0.15, -0.1) is 0 Å². The monoisotopic (exact) mass is 295 g/mol. The van der Waals surface area contributed by atoms with Gasteiger partial charge in [0.1, 0.15) is 0 Å². The molecule has 0 spiro atoms. The molecule has 21 heavy (non-hydrogen) atoms. The van der Waals surface area contributed by atoms with Crippen LogP contribution in [-0.2, 0) is 11.3 Å². The number of nitrogens with zero attached hydrogens (tertiary/aromatic N) is 3. The van der Waals surface area contributed by atoms with E-state index < -0.39 is 0 Å². The number of hydrogen-bond acceptors (Lipinski definition) is 4. The van der Waals surface area contributed by atoms with Crippen LogP contribution < -0.4 is 11.1 Å². The Hall–Kier alpha value is -1.40. The summed E-state index contributed by atoms with van der Waals surface area (Å²) < 4.78 is 1.86. The van der Waals surface area contributed by atoms with Crippen LogP contribution in [0.4, 0.5) is 5.69 Å². The highest BCUT2D eigenvalue weighted by Gasteiger charge is 2.13. The topological polar surface area (TPSA) is 76.2 Å². The third-order valence-corrected chi connectivity index (χ3v) is 3.45. The van der Waals surface area contributed by atoms with Gasteiger partial charge in [0.2, 0.25) is 5.91 Å². The lowest BCUT2D eigenvalue weighted by Crippen LogP contribution is -2.33. The van der Waals surface area contributed by atoms with Crippen molar-refractivity contribution >= 4 is 11.6 Å². The van der Waals surface area contributed by atoms with Crippen molar-refractivity contribution in [3.8, 4) is 0 Å². The largest absolute Gasteiger partial charge is 0.326 e. The fourth-order valence-electron chi connectivity index (χ4n) is 1.99. The molecule has 0 unspecified atom stereocenters. The second kappa shape index (κ2) is 8.14. The first-order chi connectivity index (χ1) is 9.84. The summed E-state index contributed by atoms with van der Waals surface area (Å²) in [6, 6.07) is 0. The van der Waals surface area contributed by atoms with E-state index in [1.165, 1.54) is 0 Å². The smallest absolute Gasteiger partial charge is 0.224 e. The van der Waals surface area contributed by atoms with Gasteiger partial charge in [-0.05, 0) is 33.4 Å². The molecule has 0 aliphatic heterocycles. The molecule has 1 rings (SSSR count). The summed E-state index contributed by atoms with van der Waals surface area (Å²) in [5.74, 6) is -0.0168. The first-order valence-corrected chi connectivity index (χ1v) is 7.67. The van der Waals surface area contributed by atoms with Crippen LogP contribution in [0.1, 0.15) is 40.5 Å². The average molecular weight is 295 g/mol. The molecule has 0 aromatic carbocycles. The van der Waals surface area contributed by atoms with E-state index in [9.17, 15) is 4.79 Å². The second-order valence-electron chi connectivity index (χ2n) is 6.06. The van der Waals surface area contributed by atoms with Crippen LogP contribution in [0, 0.1) is 0 Å². The molecule has 0 fully saturated rings. The number of nitrogens with two attached hydrogens (primary N) is 1. The van der Waals surface area contributed by atoms with Crippen molar-refractivity contribution < 1.29 is 4.79 Å². The van der Waals surface area contributed by atoms with Gasteiger partial charge in [-0.1, -0.05) is 13.8 Å². The van der Waals surface area contributed by atoms with Gasteiger partial charge in [-0.2, -0.15) is 5.10 Å². The van der Waals surface area contributed by atoms with E-state index in [4.69, 9.17) is 5.73 Å². The molecule has 0 radical (unpaired) electrons. The Morgan fingerprint density at radius 3 is 2.67 bits per heavy atom. The van der Waals surface area contributed by atoms with Gasteiger partial charge >= 0.3 is 0 Å². The van der Waals surface area contributed by atoms with Crippen molar-refractivity contribution in [2.24, 2.45) is 5.73 Å². The van der Waals surface area contributed by atoms with Gasteiger partial charge in [0, 0.05) is 24.7 Å². The quantitative estimate of drug-likeness (QED) is 0.727. The lowest BCUT2D eigenvalue weighted by Gasteiger charge is -2.17. The van der Waals surface area contributed by atoms with E-state index in [0.717, 1.165) is 31.9 Å². The van der Waals surface area contributed by atoms with Gasteiger partial charge < -0.3 is 16.0 Å². The van der Waals surface area contributed by atoms with E-state index >= 15 is 0 Å². The van der Waals surface area contributed by atoms with Gasteiger partial charge in [0.05, 0.1) is 18.4 Å². The number of carbonyl (C=O) groups is 1. The van der Waals surface area contributed by atoms with Crippen molar-refractivity contribution in [2.45, 2.75) is 52.6 Å². The molecule has 0 aliphatic carbocycles. The highest BCUT2D eigenvalue weighted by molar-refractivity contribution is 5.90. The van der Waals surface area contributed by atoms with Gasteiger partial charge in [0.15, 0.2) is 0 Å². The minimum Gasteiger partial charge on any atom is -0.326 e. The molecule has 1 heterocycles. The Balaban J connectivity index is 2.39. The number of amides is 1. The van der Waals surface area contributed by atoms with E-state index in [1.807, 2.05) is 24.7 Å². The molecule has 0 saturated carbocycles. The van der Waals surface area contributed by atoms with E-state index in [0.29, 0.717) is 12.8 Å². The van der Waals surface area contributed by atoms with Crippen molar-refractivity contribution in [1.82, 2.24) is 14.7 Å². The molecule has 6 heteroatoms. The summed E-state index contributed by atoms with van der Waals surface area (Å²) in [6.07, 6.45) is 4.64. The van der Waals surface area contributed by atoms with Crippen molar-refractivity contribution in [1.29, 1.82) is 0 Å². The SMILES string of the molecule is CCN(CC)CCn1cc(NC(=O)CCC(C)(C)N)cn1. The number of carbonyl (C=O) groups excluding carboxylic acids is 1. The van der Waals surface area contributed by atoms with Crippen molar-refractivity contribution in [3.05, 3.63) is 12.4 Å². The second-order valence-corrected chi connectivity index (χ2v) is 6.06. The molecule has 120 valence electrons. The van der Waals surface area contributed by atoms with Crippen LogP contribution in [0.25, 0.3) is 0 Å². The predicted octanol–water partition coefficient (Wildman–Crippen LogP) is 1.68. The Labute approximate surface area is 127 Å². The predicted molar refractivity (Wildman–Crippen MR) is 86.1 cm³/mol. The average Bonchev–Trinajstić information content (AvgIpc) is 2.84. The molecule has 1 aromatic rings. The number of aromatic nitrogens is 2. The normalized spacial score (nSPS) is 11.9. The summed E-state index contributed by atoms with van der Waals surface area (Å²) in [5, 5.41) is 7.13. The fraction of sp³-hybridized carbons (Fsp3) is 0.733. The summed E-state index contributed by atoms with van der Waals surface area (Å²) in [5.41, 5.74) is 6.30. The summed E-state index contributed by atoms with van der Waals surface area (Å²) in [7, 11) is 0. The van der Waals surface area contributed by atoms with Crippen LogP contribution in [-0.4, -0.2) is 45.8 Å². The molecule has 0 aliphatic rings. The van der Waals surface area contributed by atoms with Gasteiger partial charge in [0.25, 0.3) is 0 Å². The lowest BCUT2D eigenvalue weighted by molar-refractivity contribution is -0.116. The van der Waals surface area contributed by atoms with Crippen molar-refractivity contribution in [3.63, 3.8) is 0 Å². The number of nitrogens with one attached hydrogen (secondary N) is 1. The number of hydrogen-bond donors (Lipinski definition) is 2. The maximum absolute atomic E-state index is 11.8. The highest BCUT2D eigenvalue weighted by atomic mass is 16.1. The molecule has 1 amide bonds. The van der Waals surface area contributed by atoms with Crippen LogP contribution in [0.3, 0.4) is 0 Å². The highest BCUT2D eigenvalue weighted by Crippen LogP contribution is 2.10. The number of anilines is 1. The van der Waals surface area contributed by atoms with E-state index in [2.05, 4.69) is 29.2 Å². The van der Waals surface area contributed by atoms with Gasteiger partial charge in [-0.3, -0.25) is 9.48 Å². The zero-order valence-corrected chi connectivity index (χ0v) is 13.7.